The summed E-state index contributed by atoms with van der Waals surface area (Å²) in [5, 5.41) is 24.0. The highest BCUT2D eigenvalue weighted by atomic mass is 32.2. The molecular formula is C23H16F3N3O7S. The summed E-state index contributed by atoms with van der Waals surface area (Å²) in [6, 6.07) is 9.34. The number of phenols is 1. The van der Waals surface area contributed by atoms with Crippen molar-refractivity contribution in [2.45, 2.75) is 11.1 Å². The highest BCUT2D eigenvalue weighted by Gasteiger charge is 2.31. The maximum atomic E-state index is 12.9. The number of methoxy groups -OCH3 is 1. The summed E-state index contributed by atoms with van der Waals surface area (Å²) in [7, 11) is -3.17. The van der Waals surface area contributed by atoms with Crippen molar-refractivity contribution < 1.29 is 41.2 Å². The topological polar surface area (TPSA) is 148 Å². The smallest absolute Gasteiger partial charge is 0.416 e. The standard InChI is InChI=1S/C23H16F3N3O7S/c1-36-21-19(30)9-2-12(20(21)29(32)33)10-17-16-11-15(7-8-18(16)27-22(17)31)37(34,35)28-14-5-3-13(4-6-14)23(24,25)26/h2-11,28,30H,1H3,(H,27,31). The Kier molecular flexibility index (Phi) is 6.29. The van der Waals surface area contributed by atoms with Crippen molar-refractivity contribution in [2.24, 2.45) is 0 Å². The number of fused-ring (bicyclic) bond motifs is 1. The summed E-state index contributed by atoms with van der Waals surface area (Å²) in [6.45, 7) is 0. The summed E-state index contributed by atoms with van der Waals surface area (Å²) in [4.78, 5) is 23.1. The molecule has 3 aromatic carbocycles. The van der Waals surface area contributed by atoms with Crippen molar-refractivity contribution in [1.82, 2.24) is 0 Å². The number of nitro benzene ring substituents is 1. The molecule has 0 atom stereocenters. The molecule has 1 aliphatic rings. The first-order chi connectivity index (χ1) is 17.3. The molecule has 3 aromatic rings. The van der Waals surface area contributed by atoms with E-state index >= 15 is 0 Å². The van der Waals surface area contributed by atoms with Crippen LogP contribution in [0.4, 0.5) is 30.2 Å². The minimum atomic E-state index is -4.59. The van der Waals surface area contributed by atoms with E-state index < -0.39 is 49.8 Å². The van der Waals surface area contributed by atoms with Crippen LogP contribution in [-0.2, 0) is 21.0 Å². The van der Waals surface area contributed by atoms with E-state index in [-0.39, 0.29) is 33.0 Å². The maximum Gasteiger partial charge on any atom is 0.416 e. The number of halogens is 3. The highest BCUT2D eigenvalue weighted by molar-refractivity contribution is 7.92. The molecule has 192 valence electrons. The number of anilines is 2. The van der Waals surface area contributed by atoms with Crippen LogP contribution in [0, 0.1) is 10.1 Å². The Morgan fingerprint density at radius 3 is 2.38 bits per heavy atom. The second kappa shape index (κ2) is 9.13. The van der Waals surface area contributed by atoms with E-state index in [1.54, 1.807) is 0 Å². The lowest BCUT2D eigenvalue weighted by Gasteiger charge is -2.11. The Labute approximate surface area is 207 Å². The SMILES string of the molecule is COc1c(O)ccc(C=C2C(=O)Nc3ccc(S(=O)(=O)Nc4ccc(C(F)(F)F)cc4)cc32)c1[N+](=O)[O-]. The number of carbonyl (C=O) groups excluding carboxylic acids is 1. The van der Waals surface area contributed by atoms with E-state index in [0.717, 1.165) is 49.6 Å². The van der Waals surface area contributed by atoms with Gasteiger partial charge in [0.25, 0.3) is 15.9 Å². The molecule has 37 heavy (non-hydrogen) atoms. The van der Waals surface area contributed by atoms with Gasteiger partial charge in [0.15, 0.2) is 5.75 Å². The second-order valence-electron chi connectivity index (χ2n) is 7.71. The van der Waals surface area contributed by atoms with Crippen molar-refractivity contribution in [2.75, 3.05) is 17.1 Å². The molecule has 0 saturated heterocycles. The van der Waals surface area contributed by atoms with Gasteiger partial charge < -0.3 is 15.2 Å². The number of alkyl halides is 3. The van der Waals surface area contributed by atoms with Gasteiger partial charge in [0.05, 0.1) is 28.1 Å². The molecular weight excluding hydrogens is 519 g/mol. The third-order valence-corrected chi connectivity index (χ3v) is 6.76. The van der Waals surface area contributed by atoms with Crippen molar-refractivity contribution in [1.29, 1.82) is 0 Å². The van der Waals surface area contributed by atoms with Crippen LogP contribution < -0.4 is 14.8 Å². The van der Waals surface area contributed by atoms with E-state index in [9.17, 15) is 41.6 Å². The van der Waals surface area contributed by atoms with Crippen molar-refractivity contribution in [3.63, 3.8) is 0 Å². The molecule has 10 nitrogen and oxygen atoms in total. The monoisotopic (exact) mass is 535 g/mol. The molecule has 0 fully saturated rings. The number of nitro groups is 1. The number of hydrogen-bond acceptors (Lipinski definition) is 7. The first kappa shape index (κ1) is 25.5. The predicted molar refractivity (Wildman–Crippen MR) is 127 cm³/mol. The molecule has 0 radical (unpaired) electrons. The normalized spacial score (nSPS) is 14.3. The number of nitrogens with one attached hydrogen (secondary N) is 2. The van der Waals surface area contributed by atoms with Crippen LogP contribution in [0.2, 0.25) is 0 Å². The van der Waals surface area contributed by atoms with Crippen LogP contribution in [0.3, 0.4) is 0 Å². The molecule has 0 unspecified atom stereocenters. The zero-order chi connectivity index (χ0) is 27.1. The Morgan fingerprint density at radius 2 is 1.78 bits per heavy atom. The third-order valence-electron chi connectivity index (χ3n) is 5.38. The molecule has 0 saturated carbocycles. The van der Waals surface area contributed by atoms with E-state index in [1.807, 2.05) is 0 Å². The zero-order valence-electron chi connectivity index (χ0n) is 18.7. The molecule has 3 N–H and O–H groups in total. The van der Waals surface area contributed by atoms with Gasteiger partial charge >= 0.3 is 11.9 Å². The van der Waals surface area contributed by atoms with Gasteiger partial charge in [-0.3, -0.25) is 19.6 Å². The summed E-state index contributed by atoms with van der Waals surface area (Å²) in [5.74, 6) is -1.58. The van der Waals surface area contributed by atoms with E-state index in [0.29, 0.717) is 0 Å². The Morgan fingerprint density at radius 1 is 1.11 bits per heavy atom. The number of amides is 1. The average molecular weight is 535 g/mol. The summed E-state index contributed by atoms with van der Waals surface area (Å²) in [6.07, 6.45) is -3.43. The first-order valence-electron chi connectivity index (χ1n) is 10.2. The number of phenolic OH excluding ortho intramolecular Hbond substituents is 1. The molecule has 0 aliphatic carbocycles. The van der Waals surface area contributed by atoms with Crippen molar-refractivity contribution in [3.05, 3.63) is 81.4 Å². The van der Waals surface area contributed by atoms with E-state index in [4.69, 9.17) is 4.74 Å². The van der Waals surface area contributed by atoms with Crippen LogP contribution in [-0.4, -0.2) is 31.5 Å². The van der Waals surface area contributed by atoms with Gasteiger partial charge in [-0.25, -0.2) is 8.42 Å². The van der Waals surface area contributed by atoms with Gasteiger partial charge in [0.2, 0.25) is 5.75 Å². The Balaban J connectivity index is 1.73. The number of rotatable bonds is 6. The lowest BCUT2D eigenvalue weighted by Crippen LogP contribution is -2.13. The van der Waals surface area contributed by atoms with Gasteiger partial charge in [0, 0.05) is 22.5 Å². The summed E-state index contributed by atoms with van der Waals surface area (Å²) >= 11 is 0. The number of benzene rings is 3. The second-order valence-corrected chi connectivity index (χ2v) is 9.40. The largest absolute Gasteiger partial charge is 0.504 e. The quantitative estimate of drug-likeness (QED) is 0.237. The van der Waals surface area contributed by atoms with E-state index in [1.165, 1.54) is 18.2 Å². The zero-order valence-corrected chi connectivity index (χ0v) is 19.5. The molecule has 0 spiro atoms. The molecule has 0 bridgehead atoms. The van der Waals surface area contributed by atoms with Crippen molar-refractivity contribution in [3.8, 4) is 11.5 Å². The van der Waals surface area contributed by atoms with Crippen LogP contribution in [0.5, 0.6) is 11.5 Å². The Hall–Kier alpha value is -4.59. The van der Waals surface area contributed by atoms with Gasteiger partial charge in [0.1, 0.15) is 0 Å². The van der Waals surface area contributed by atoms with Gasteiger partial charge in [-0.1, -0.05) is 0 Å². The van der Waals surface area contributed by atoms with Crippen molar-refractivity contribution >= 4 is 44.6 Å². The first-order valence-corrected chi connectivity index (χ1v) is 11.7. The van der Waals surface area contributed by atoms with E-state index in [2.05, 4.69) is 10.0 Å². The molecule has 0 aromatic heterocycles. The maximum absolute atomic E-state index is 12.9. The predicted octanol–water partition coefficient (Wildman–Crippen LogP) is 4.62. The number of sulfonamides is 1. The lowest BCUT2D eigenvalue weighted by molar-refractivity contribution is -0.386. The minimum Gasteiger partial charge on any atom is -0.504 e. The number of hydrogen-bond donors (Lipinski definition) is 3. The lowest BCUT2D eigenvalue weighted by atomic mass is 10.0. The third kappa shape index (κ3) is 4.91. The molecule has 1 aliphatic heterocycles. The van der Waals surface area contributed by atoms with Crippen LogP contribution >= 0.6 is 0 Å². The summed E-state index contributed by atoms with van der Waals surface area (Å²) in [5.41, 5.74) is -1.52. The average Bonchev–Trinajstić information content (AvgIpc) is 3.13. The van der Waals surface area contributed by atoms with Gasteiger partial charge in [-0.15, -0.1) is 0 Å². The number of ether oxygens (including phenoxy) is 1. The molecule has 1 heterocycles. The molecule has 14 heteroatoms. The van der Waals surface area contributed by atoms with Crippen LogP contribution in [0.15, 0.2) is 59.5 Å². The Bertz CT molecular complexity index is 1570. The van der Waals surface area contributed by atoms with Crippen LogP contribution in [0.25, 0.3) is 11.6 Å². The molecule has 4 rings (SSSR count). The van der Waals surface area contributed by atoms with Crippen LogP contribution in [0.1, 0.15) is 16.7 Å². The number of nitrogens with zero attached hydrogens (tertiary/aromatic N) is 1. The number of carbonyl (C=O) groups is 1. The fraction of sp³-hybridized carbons (Fsp3) is 0.0870. The minimum absolute atomic E-state index is 0.0891. The number of aromatic hydroxyl groups is 1. The van der Waals surface area contributed by atoms with Gasteiger partial charge in [-0.05, 0) is 60.7 Å². The highest BCUT2D eigenvalue weighted by Crippen LogP contribution is 2.42. The fourth-order valence-corrected chi connectivity index (χ4v) is 4.74. The fourth-order valence-electron chi connectivity index (χ4n) is 3.66. The molecule has 1 amide bonds. The summed E-state index contributed by atoms with van der Waals surface area (Å²) < 4.78 is 71.2. The van der Waals surface area contributed by atoms with Gasteiger partial charge in [-0.2, -0.15) is 13.2 Å².